The third-order valence-electron chi connectivity index (χ3n) is 13.1. The SMILES string of the molecule is CCOCCOCCOc1ccccc1[Se+](c1ccccc1OCCOCCOCC)c1ccccc1OCCOCCOCC.Fc1c(F)c(Cl)c(Cl)c([B-](c2c(F)c(F)c(F)c(Cl)c2Cl)(c2c(F)c(F)c(F)c(Cl)c2Cl)c2c(F)c(F)c(F)c(Cl)c2Cl)c1F. The van der Waals surface area contributed by atoms with E-state index in [9.17, 15) is 17.6 Å². The van der Waals surface area contributed by atoms with E-state index in [4.69, 9.17) is 135 Å². The van der Waals surface area contributed by atoms with Crippen molar-refractivity contribution in [3.05, 3.63) is 183 Å². The first-order chi connectivity index (χ1) is 43.5. The van der Waals surface area contributed by atoms with E-state index in [0.717, 1.165) is 30.6 Å². The molecule has 0 atom stereocenters. The molecule has 7 rings (SSSR count). The summed E-state index contributed by atoms with van der Waals surface area (Å²) >= 11 is 44.6. The van der Waals surface area contributed by atoms with Gasteiger partial charge in [0.15, 0.2) is 46.5 Å². The van der Waals surface area contributed by atoms with Gasteiger partial charge >= 0.3 is 280 Å². The van der Waals surface area contributed by atoms with Gasteiger partial charge in [0.2, 0.25) is 0 Å². The zero-order chi connectivity index (χ0) is 66.9. The van der Waals surface area contributed by atoms with Crippen LogP contribution >= 0.6 is 92.8 Å². The van der Waals surface area contributed by atoms with Gasteiger partial charge in [-0.05, 0) is 0 Å². The van der Waals surface area contributed by atoms with Crippen molar-refractivity contribution in [1.29, 1.82) is 0 Å². The molecule has 0 aliphatic carbocycles. The second-order valence-corrected chi connectivity index (χ2v) is 25.5. The van der Waals surface area contributed by atoms with E-state index in [1.165, 1.54) is 0 Å². The normalized spacial score (nSPS) is 11.6. The van der Waals surface area contributed by atoms with Crippen LogP contribution in [0.2, 0.25) is 40.2 Å². The molecule has 0 amide bonds. The number of benzene rings is 7. The molecular weight excluding hydrogens is 1470 g/mol. The van der Waals surface area contributed by atoms with E-state index in [-0.39, 0.29) is 0 Å². The van der Waals surface area contributed by atoms with Gasteiger partial charge in [0.25, 0.3) is 0 Å². The molecular formula is C60H51BCl8F12O9Se. The molecule has 0 aliphatic rings. The zero-order valence-electron chi connectivity index (χ0n) is 47.8. The molecule has 0 aromatic heterocycles. The van der Waals surface area contributed by atoms with Crippen LogP contribution in [0.4, 0.5) is 52.7 Å². The minimum absolute atomic E-state index is 0.427. The van der Waals surface area contributed by atoms with Crippen molar-refractivity contribution in [2.24, 2.45) is 0 Å². The second-order valence-electron chi connectivity index (χ2n) is 18.4. The van der Waals surface area contributed by atoms with E-state index in [2.05, 4.69) is 36.4 Å². The Morgan fingerprint density at radius 2 is 0.484 bits per heavy atom. The van der Waals surface area contributed by atoms with Crippen molar-refractivity contribution >= 4 is 148 Å². The first-order valence-corrected chi connectivity index (χ1v) is 32.7. The smallest absolute Gasteiger partial charge is 0.192 e. The van der Waals surface area contributed by atoms with Crippen LogP contribution in [0.25, 0.3) is 0 Å². The summed E-state index contributed by atoms with van der Waals surface area (Å²) in [4.78, 5) is 0. The van der Waals surface area contributed by atoms with Gasteiger partial charge in [0, 0.05) is 20.1 Å². The number of hydrogen-bond donors (Lipinski definition) is 0. The molecule has 494 valence electrons. The van der Waals surface area contributed by atoms with Gasteiger partial charge in [0.05, 0.1) is 20.1 Å². The quantitative estimate of drug-likeness (QED) is 0.0139. The van der Waals surface area contributed by atoms with Crippen LogP contribution in [0.5, 0.6) is 17.2 Å². The van der Waals surface area contributed by atoms with Gasteiger partial charge in [-0.1, -0.05) is 92.8 Å². The fourth-order valence-corrected chi connectivity index (χ4v) is 16.1. The van der Waals surface area contributed by atoms with Gasteiger partial charge in [-0.25, -0.2) is 52.7 Å². The van der Waals surface area contributed by atoms with Crippen LogP contribution < -0.4 is 49.4 Å². The number of hydrogen-bond acceptors (Lipinski definition) is 9. The Labute approximate surface area is 559 Å². The summed E-state index contributed by atoms with van der Waals surface area (Å²) in [6.07, 6.45) is -5.62. The molecule has 91 heavy (non-hydrogen) atoms. The summed E-state index contributed by atoms with van der Waals surface area (Å²) in [7, 11) is 0. The third kappa shape index (κ3) is 17.1. The topological polar surface area (TPSA) is 83.1 Å². The van der Waals surface area contributed by atoms with Crippen LogP contribution in [0.15, 0.2) is 72.8 Å². The molecule has 7 aromatic rings. The van der Waals surface area contributed by atoms with Gasteiger partial charge in [-0.15, -0.1) is 21.9 Å². The van der Waals surface area contributed by atoms with E-state index >= 15 is 35.1 Å². The molecule has 7 aromatic carbocycles. The molecule has 0 aliphatic heterocycles. The van der Waals surface area contributed by atoms with Crippen LogP contribution in [0.3, 0.4) is 0 Å². The first kappa shape index (κ1) is 75.8. The van der Waals surface area contributed by atoms with Gasteiger partial charge in [-0.2, -0.15) is 0 Å². The first-order valence-electron chi connectivity index (χ1n) is 27.1. The number of ether oxygens (including phenoxy) is 9. The molecule has 0 radical (unpaired) electrons. The van der Waals surface area contributed by atoms with E-state index < -0.39 is 152 Å². The van der Waals surface area contributed by atoms with Gasteiger partial charge < -0.3 is 0 Å². The fraction of sp³-hybridized carbons (Fsp3) is 0.300. The van der Waals surface area contributed by atoms with Crippen LogP contribution in [0.1, 0.15) is 20.8 Å². The monoisotopic (exact) mass is 1510 g/mol. The maximum absolute atomic E-state index is 16.0. The molecule has 0 saturated heterocycles. The van der Waals surface area contributed by atoms with Crippen LogP contribution in [-0.2, 0) is 28.4 Å². The predicted molar refractivity (Wildman–Crippen MR) is 332 cm³/mol. The molecule has 9 nitrogen and oxygen atoms in total. The molecule has 0 bridgehead atoms. The zero-order valence-corrected chi connectivity index (χ0v) is 55.5. The van der Waals surface area contributed by atoms with Crippen molar-refractivity contribution in [1.82, 2.24) is 0 Å². The Morgan fingerprint density at radius 1 is 0.275 bits per heavy atom. The largest absolute Gasteiger partial charge is 0.207 e. The average molecular weight is 1520 g/mol. The van der Waals surface area contributed by atoms with Crippen molar-refractivity contribution in [2.45, 2.75) is 20.8 Å². The third-order valence-corrected chi connectivity index (χ3v) is 21.4. The molecule has 0 unspecified atom stereocenters. The molecule has 0 N–H and O–H groups in total. The minimum Gasteiger partial charge on any atom is -0.207 e. The predicted octanol–water partition coefficient (Wildman–Crippen LogP) is 13.5. The van der Waals surface area contributed by atoms with Crippen LogP contribution in [0, 0.1) is 69.8 Å². The van der Waals surface area contributed by atoms with E-state index in [1.807, 2.05) is 57.2 Å². The van der Waals surface area contributed by atoms with Crippen molar-refractivity contribution < 1.29 is 95.3 Å². The minimum atomic E-state index is -5.62. The fourth-order valence-electron chi connectivity index (χ4n) is 9.17. The number of halogens is 20. The Bertz CT molecular complexity index is 3120. The van der Waals surface area contributed by atoms with Gasteiger partial charge in [-0.3, -0.25) is 0 Å². The summed E-state index contributed by atoms with van der Waals surface area (Å²) < 4.78 is 238. The Hall–Kier alpha value is -4.24. The van der Waals surface area contributed by atoms with Crippen molar-refractivity contribution in [2.75, 3.05) is 99.1 Å². The Kier molecular flexibility index (Phi) is 30.0. The number of rotatable bonds is 31. The van der Waals surface area contributed by atoms with Crippen LogP contribution in [-0.4, -0.2) is 119 Å². The van der Waals surface area contributed by atoms with E-state index in [0.29, 0.717) is 99.1 Å². The summed E-state index contributed by atoms with van der Waals surface area (Å²) in [5, 5.41) is -13.9. The Morgan fingerprint density at radius 3 is 0.714 bits per heavy atom. The molecule has 0 heterocycles. The molecule has 31 heteroatoms. The van der Waals surface area contributed by atoms with Crippen molar-refractivity contribution in [3.63, 3.8) is 0 Å². The summed E-state index contributed by atoms with van der Waals surface area (Å²) in [5.74, 6) is -28.8. The van der Waals surface area contributed by atoms with Gasteiger partial charge in [0.1, 0.15) is 29.4 Å². The summed E-state index contributed by atoms with van der Waals surface area (Å²) in [6.45, 7) is 14.0. The molecule has 0 spiro atoms. The summed E-state index contributed by atoms with van der Waals surface area (Å²) in [5.41, 5.74) is -8.47. The maximum Gasteiger partial charge on any atom is 0.192 e. The molecule has 0 saturated carbocycles. The number of para-hydroxylation sites is 3. The summed E-state index contributed by atoms with van der Waals surface area (Å²) in [6, 6.07) is 24.7. The van der Waals surface area contributed by atoms with Crippen molar-refractivity contribution in [3.8, 4) is 17.2 Å². The molecule has 0 fully saturated rings. The van der Waals surface area contributed by atoms with E-state index in [1.54, 1.807) is 0 Å². The Balaban J connectivity index is 0.000000289. The average Bonchev–Trinajstić information content (AvgIpc) is 0.683. The standard InChI is InChI=1S/C36H51O9Se.C24BCl8F12/c1-4-37-19-22-40-25-28-43-31-13-7-10-16-34(31)46(35-17-11-8-14-32(35)44-29-26-41-23-20-38-5-2)36-18-12-9-15-33(36)45-30-27-42-24-21-39-6-3;26-5-1(13(34)21(42)17(38)9(5)30)25(2-6(27)10(31)18(39)22(43)14(2)35,3-7(28)11(32)19(40)23(44)15(3)36)4-8(29)12(33)20(41)24(45)16(4)37/h7-18H,4-6,19-30H2,1-3H3;/q+1;-1. The maximum atomic E-state index is 16.0. The second kappa shape index (κ2) is 36.0.